The zero-order valence-electron chi connectivity index (χ0n) is 10.2. The number of hydrogen-bond donors (Lipinski definition) is 4. The van der Waals surface area contributed by atoms with Gasteiger partial charge in [-0.15, -0.1) is 0 Å². The van der Waals surface area contributed by atoms with Gasteiger partial charge in [-0.05, 0) is 20.3 Å². The number of rotatable bonds is 6. The second-order valence-corrected chi connectivity index (χ2v) is 4.40. The van der Waals surface area contributed by atoms with Crippen LogP contribution in [-0.4, -0.2) is 34.6 Å². The monoisotopic (exact) mass is 245 g/mol. The van der Waals surface area contributed by atoms with Crippen LogP contribution in [0.1, 0.15) is 33.6 Å². The minimum Gasteiger partial charge on any atom is -0.480 e. The number of aliphatic carboxylic acids is 1. The van der Waals surface area contributed by atoms with E-state index in [1.807, 2.05) is 6.92 Å². The van der Waals surface area contributed by atoms with Gasteiger partial charge in [0.15, 0.2) is 0 Å². The van der Waals surface area contributed by atoms with Crippen LogP contribution in [0, 0.1) is 0 Å². The lowest BCUT2D eigenvalue weighted by Gasteiger charge is -2.25. The number of carboxylic acids is 1. The maximum absolute atomic E-state index is 11.5. The van der Waals surface area contributed by atoms with E-state index in [0.717, 1.165) is 0 Å². The van der Waals surface area contributed by atoms with Crippen molar-refractivity contribution < 1.29 is 19.5 Å². The van der Waals surface area contributed by atoms with Crippen molar-refractivity contribution in [2.24, 2.45) is 5.73 Å². The first-order valence-electron chi connectivity index (χ1n) is 5.27. The van der Waals surface area contributed by atoms with Gasteiger partial charge in [-0.3, -0.25) is 4.79 Å². The standard InChI is InChI=1S/C10H19N3O4/c1-4-10(2,3)13-9(17)12-6(8(15)16)5-7(11)14/h6H,4-5H2,1-3H3,(H2,11,14)(H,15,16)(H2,12,13,17). The van der Waals surface area contributed by atoms with Crippen molar-refractivity contribution in [1.29, 1.82) is 0 Å². The number of carbonyl (C=O) groups is 3. The summed E-state index contributed by atoms with van der Waals surface area (Å²) in [5.74, 6) is -2.08. The summed E-state index contributed by atoms with van der Waals surface area (Å²) in [6.45, 7) is 5.49. The van der Waals surface area contributed by atoms with Gasteiger partial charge in [0.1, 0.15) is 6.04 Å². The molecule has 5 N–H and O–H groups in total. The highest BCUT2D eigenvalue weighted by Gasteiger charge is 2.24. The second kappa shape index (κ2) is 6.07. The van der Waals surface area contributed by atoms with E-state index in [-0.39, 0.29) is 0 Å². The van der Waals surface area contributed by atoms with Crippen LogP contribution in [0.25, 0.3) is 0 Å². The Balaban J connectivity index is 4.41. The highest BCUT2D eigenvalue weighted by atomic mass is 16.4. The van der Waals surface area contributed by atoms with E-state index in [0.29, 0.717) is 6.42 Å². The summed E-state index contributed by atoms with van der Waals surface area (Å²) < 4.78 is 0. The van der Waals surface area contributed by atoms with Gasteiger partial charge in [0.25, 0.3) is 0 Å². The van der Waals surface area contributed by atoms with E-state index in [4.69, 9.17) is 10.8 Å². The van der Waals surface area contributed by atoms with Crippen LogP contribution in [-0.2, 0) is 9.59 Å². The number of carbonyl (C=O) groups excluding carboxylic acids is 2. The molecule has 0 aliphatic heterocycles. The van der Waals surface area contributed by atoms with Crippen molar-refractivity contribution >= 4 is 17.9 Å². The van der Waals surface area contributed by atoms with Crippen LogP contribution in [0.5, 0.6) is 0 Å². The summed E-state index contributed by atoms with van der Waals surface area (Å²) in [4.78, 5) is 32.9. The summed E-state index contributed by atoms with van der Waals surface area (Å²) in [5.41, 5.74) is 4.44. The molecular formula is C10H19N3O4. The third-order valence-electron chi connectivity index (χ3n) is 2.34. The smallest absolute Gasteiger partial charge is 0.326 e. The van der Waals surface area contributed by atoms with Gasteiger partial charge in [-0.2, -0.15) is 0 Å². The first-order valence-corrected chi connectivity index (χ1v) is 5.27. The number of hydrogen-bond acceptors (Lipinski definition) is 3. The summed E-state index contributed by atoms with van der Waals surface area (Å²) in [6.07, 6.45) is 0.253. The van der Waals surface area contributed by atoms with Crippen LogP contribution in [0.4, 0.5) is 4.79 Å². The van der Waals surface area contributed by atoms with Gasteiger partial charge in [-0.25, -0.2) is 9.59 Å². The normalized spacial score (nSPS) is 12.6. The van der Waals surface area contributed by atoms with E-state index < -0.39 is 35.9 Å². The molecule has 0 rings (SSSR count). The molecule has 0 radical (unpaired) electrons. The SMILES string of the molecule is CCC(C)(C)NC(=O)NC(CC(N)=O)C(=O)O. The van der Waals surface area contributed by atoms with Crippen molar-refractivity contribution in [1.82, 2.24) is 10.6 Å². The number of amides is 3. The van der Waals surface area contributed by atoms with Crippen molar-refractivity contribution in [3.63, 3.8) is 0 Å². The lowest BCUT2D eigenvalue weighted by Crippen LogP contribution is -2.53. The fraction of sp³-hybridized carbons (Fsp3) is 0.700. The Labute approximate surface area is 99.7 Å². The molecule has 0 aromatic carbocycles. The molecule has 0 bridgehead atoms. The third-order valence-corrected chi connectivity index (χ3v) is 2.34. The molecule has 1 atom stereocenters. The van der Waals surface area contributed by atoms with Crippen LogP contribution in [0.2, 0.25) is 0 Å². The molecule has 0 aliphatic carbocycles. The molecule has 7 nitrogen and oxygen atoms in total. The highest BCUT2D eigenvalue weighted by molar-refractivity contribution is 5.87. The van der Waals surface area contributed by atoms with Gasteiger partial charge < -0.3 is 21.5 Å². The summed E-state index contributed by atoms with van der Waals surface area (Å²) in [7, 11) is 0. The molecule has 17 heavy (non-hydrogen) atoms. The van der Waals surface area contributed by atoms with Crippen molar-refractivity contribution in [3.05, 3.63) is 0 Å². The Hall–Kier alpha value is -1.79. The van der Waals surface area contributed by atoms with E-state index in [1.54, 1.807) is 13.8 Å². The quantitative estimate of drug-likeness (QED) is 0.517. The third kappa shape index (κ3) is 6.39. The second-order valence-electron chi connectivity index (χ2n) is 4.40. The molecule has 3 amide bonds. The molecule has 98 valence electrons. The lowest BCUT2D eigenvalue weighted by atomic mass is 10.0. The van der Waals surface area contributed by atoms with Crippen molar-refractivity contribution in [3.8, 4) is 0 Å². The highest BCUT2D eigenvalue weighted by Crippen LogP contribution is 2.06. The molecule has 7 heteroatoms. The summed E-state index contributed by atoms with van der Waals surface area (Å²) in [6, 6.07) is -1.94. The molecule has 0 saturated carbocycles. The maximum atomic E-state index is 11.5. The summed E-state index contributed by atoms with van der Waals surface area (Å²) >= 11 is 0. The fourth-order valence-corrected chi connectivity index (χ4v) is 0.991. The van der Waals surface area contributed by atoms with Gasteiger partial charge in [0.2, 0.25) is 5.91 Å². The van der Waals surface area contributed by atoms with Crippen LogP contribution < -0.4 is 16.4 Å². The van der Waals surface area contributed by atoms with E-state index >= 15 is 0 Å². The topological polar surface area (TPSA) is 122 Å². The Bertz CT molecular complexity index is 315. The first-order chi connectivity index (χ1) is 7.68. The lowest BCUT2D eigenvalue weighted by molar-refractivity contribution is -0.140. The van der Waals surface area contributed by atoms with Crippen LogP contribution in [0.3, 0.4) is 0 Å². The van der Waals surface area contributed by atoms with E-state index in [1.165, 1.54) is 0 Å². The first kappa shape index (κ1) is 15.2. The molecule has 0 aliphatic rings. The van der Waals surface area contributed by atoms with Gasteiger partial charge >= 0.3 is 12.0 Å². The van der Waals surface area contributed by atoms with Crippen molar-refractivity contribution in [2.75, 3.05) is 0 Å². The molecule has 0 spiro atoms. The zero-order chi connectivity index (χ0) is 13.6. The predicted octanol–water partition coefficient (Wildman–Crippen LogP) is -0.197. The molecule has 0 fully saturated rings. The largest absolute Gasteiger partial charge is 0.480 e. The van der Waals surface area contributed by atoms with E-state index in [2.05, 4.69) is 10.6 Å². The minimum absolute atomic E-state index is 0.435. The van der Waals surface area contributed by atoms with Crippen molar-refractivity contribution in [2.45, 2.75) is 45.2 Å². The predicted molar refractivity (Wildman–Crippen MR) is 61.3 cm³/mol. The Morgan fingerprint density at radius 1 is 1.35 bits per heavy atom. The van der Waals surface area contributed by atoms with Crippen LogP contribution in [0.15, 0.2) is 0 Å². The molecule has 0 heterocycles. The maximum Gasteiger partial charge on any atom is 0.326 e. The Kier molecular flexibility index (Phi) is 5.43. The summed E-state index contributed by atoms with van der Waals surface area (Å²) in [5, 5.41) is 13.6. The van der Waals surface area contributed by atoms with Gasteiger partial charge in [0.05, 0.1) is 6.42 Å². The van der Waals surface area contributed by atoms with Crippen LogP contribution >= 0.6 is 0 Å². The average molecular weight is 245 g/mol. The average Bonchev–Trinajstić information content (AvgIpc) is 2.15. The number of nitrogens with one attached hydrogen (secondary N) is 2. The number of urea groups is 1. The Morgan fingerprint density at radius 2 is 1.88 bits per heavy atom. The number of primary amides is 1. The minimum atomic E-state index is -1.31. The molecule has 1 unspecified atom stereocenters. The van der Waals surface area contributed by atoms with Gasteiger partial charge in [-0.1, -0.05) is 6.92 Å². The fourth-order valence-electron chi connectivity index (χ4n) is 0.991. The number of carboxylic acid groups (broad SMARTS) is 1. The number of nitrogens with two attached hydrogens (primary N) is 1. The zero-order valence-corrected chi connectivity index (χ0v) is 10.2. The molecule has 0 aromatic rings. The Morgan fingerprint density at radius 3 is 2.24 bits per heavy atom. The van der Waals surface area contributed by atoms with E-state index in [9.17, 15) is 14.4 Å². The molecule has 0 saturated heterocycles. The van der Waals surface area contributed by atoms with Gasteiger partial charge in [0, 0.05) is 5.54 Å². The molecule has 0 aromatic heterocycles. The molecular weight excluding hydrogens is 226 g/mol.